The van der Waals surface area contributed by atoms with Gasteiger partial charge in [0.05, 0.1) is 5.69 Å². The Kier molecular flexibility index (Phi) is 4.31. The lowest BCUT2D eigenvalue weighted by molar-refractivity contribution is -0.117. The molecule has 0 saturated heterocycles. The second-order valence-corrected chi connectivity index (χ2v) is 4.92. The largest absolute Gasteiger partial charge is 0.326 e. The molecule has 0 aliphatic heterocycles. The van der Waals surface area contributed by atoms with Crippen LogP contribution in [0.2, 0.25) is 0 Å². The van der Waals surface area contributed by atoms with Crippen LogP contribution in [-0.2, 0) is 11.3 Å². The minimum Gasteiger partial charge on any atom is -0.326 e. The fourth-order valence-electron chi connectivity index (χ4n) is 2.46. The number of amides is 1. The van der Waals surface area contributed by atoms with Gasteiger partial charge in [0.1, 0.15) is 5.82 Å². The Morgan fingerprint density at radius 3 is 2.72 bits per heavy atom. The third kappa shape index (κ3) is 3.29. The van der Waals surface area contributed by atoms with Gasteiger partial charge in [0, 0.05) is 13.0 Å². The van der Waals surface area contributed by atoms with E-state index < -0.39 is 5.82 Å². The number of anilines is 1. The smallest absolute Gasteiger partial charge is 0.224 e. The van der Waals surface area contributed by atoms with Crippen molar-refractivity contribution < 1.29 is 9.18 Å². The molecule has 1 fully saturated rings. The number of rotatable bonds is 4. The summed E-state index contributed by atoms with van der Waals surface area (Å²) in [4.78, 5) is 11.8. The van der Waals surface area contributed by atoms with Gasteiger partial charge in [0.25, 0.3) is 0 Å². The summed E-state index contributed by atoms with van der Waals surface area (Å²) < 4.78 is 13.6. The summed E-state index contributed by atoms with van der Waals surface area (Å²) in [6.45, 7) is 0.299. The SMILES string of the molecule is NCc1ccc(NC(=O)CC2CCCC2)c(F)c1. The lowest BCUT2D eigenvalue weighted by Crippen LogP contribution is -2.16. The van der Waals surface area contributed by atoms with Crippen molar-refractivity contribution in [2.45, 2.75) is 38.6 Å². The van der Waals surface area contributed by atoms with Crippen molar-refractivity contribution in [3.05, 3.63) is 29.6 Å². The second kappa shape index (κ2) is 5.96. The zero-order valence-corrected chi connectivity index (χ0v) is 10.4. The van der Waals surface area contributed by atoms with Crippen molar-refractivity contribution in [2.75, 3.05) is 5.32 Å². The molecule has 1 aromatic rings. The lowest BCUT2D eigenvalue weighted by atomic mass is 10.0. The molecule has 1 aliphatic rings. The highest BCUT2D eigenvalue weighted by Crippen LogP contribution is 2.28. The number of nitrogens with two attached hydrogens (primary N) is 1. The van der Waals surface area contributed by atoms with Crippen LogP contribution in [0.15, 0.2) is 18.2 Å². The second-order valence-electron chi connectivity index (χ2n) is 4.92. The molecule has 0 bridgehead atoms. The highest BCUT2D eigenvalue weighted by Gasteiger charge is 2.19. The first-order chi connectivity index (χ1) is 8.69. The first kappa shape index (κ1) is 13.0. The van der Waals surface area contributed by atoms with E-state index in [-0.39, 0.29) is 11.6 Å². The van der Waals surface area contributed by atoms with E-state index >= 15 is 0 Å². The molecule has 3 N–H and O–H groups in total. The molecule has 0 unspecified atom stereocenters. The van der Waals surface area contributed by atoms with Crippen molar-refractivity contribution in [2.24, 2.45) is 11.7 Å². The van der Waals surface area contributed by atoms with Gasteiger partial charge in [-0.05, 0) is 36.5 Å². The summed E-state index contributed by atoms with van der Waals surface area (Å²) in [5.74, 6) is -0.0459. The Bertz CT molecular complexity index is 428. The zero-order valence-electron chi connectivity index (χ0n) is 10.4. The van der Waals surface area contributed by atoms with Crippen LogP contribution in [0.3, 0.4) is 0 Å². The maximum atomic E-state index is 13.6. The fraction of sp³-hybridized carbons (Fsp3) is 0.500. The summed E-state index contributed by atoms with van der Waals surface area (Å²) in [6.07, 6.45) is 5.14. The summed E-state index contributed by atoms with van der Waals surface area (Å²) in [7, 11) is 0. The molecule has 2 rings (SSSR count). The van der Waals surface area contributed by atoms with Crippen molar-refractivity contribution in [3.8, 4) is 0 Å². The van der Waals surface area contributed by atoms with Crippen LogP contribution in [0.4, 0.5) is 10.1 Å². The van der Waals surface area contributed by atoms with Crippen molar-refractivity contribution >= 4 is 11.6 Å². The number of nitrogens with one attached hydrogen (secondary N) is 1. The van der Waals surface area contributed by atoms with Gasteiger partial charge in [-0.1, -0.05) is 18.9 Å². The van der Waals surface area contributed by atoms with Crippen molar-refractivity contribution in [3.63, 3.8) is 0 Å². The molecule has 3 nitrogen and oxygen atoms in total. The Morgan fingerprint density at radius 2 is 2.11 bits per heavy atom. The number of carbonyl (C=O) groups excluding carboxylic acids is 1. The predicted octanol–water partition coefficient (Wildman–Crippen LogP) is 2.80. The first-order valence-electron chi connectivity index (χ1n) is 6.47. The minimum absolute atomic E-state index is 0.0960. The highest BCUT2D eigenvalue weighted by molar-refractivity contribution is 5.91. The molecule has 1 aromatic carbocycles. The molecule has 1 saturated carbocycles. The van der Waals surface area contributed by atoms with E-state index in [0.717, 1.165) is 18.4 Å². The maximum absolute atomic E-state index is 13.6. The molecule has 0 atom stereocenters. The molecule has 4 heteroatoms. The molecular formula is C14H19FN2O. The van der Waals surface area contributed by atoms with Gasteiger partial charge < -0.3 is 11.1 Å². The van der Waals surface area contributed by atoms with Gasteiger partial charge >= 0.3 is 0 Å². The van der Waals surface area contributed by atoms with Crippen LogP contribution in [-0.4, -0.2) is 5.91 Å². The Morgan fingerprint density at radius 1 is 1.39 bits per heavy atom. The minimum atomic E-state index is -0.419. The van der Waals surface area contributed by atoms with Gasteiger partial charge in [0.2, 0.25) is 5.91 Å². The summed E-state index contributed by atoms with van der Waals surface area (Å²) in [5, 5.41) is 2.63. The van der Waals surface area contributed by atoms with E-state index in [1.165, 1.54) is 18.9 Å². The van der Waals surface area contributed by atoms with Gasteiger partial charge in [-0.15, -0.1) is 0 Å². The zero-order chi connectivity index (χ0) is 13.0. The standard InChI is InChI=1S/C14H19FN2O/c15-12-7-11(9-16)5-6-13(12)17-14(18)8-10-3-1-2-4-10/h5-7,10H,1-4,8-9,16H2,(H,17,18). The van der Waals surface area contributed by atoms with Crippen LogP contribution >= 0.6 is 0 Å². The molecule has 0 heterocycles. The van der Waals surface area contributed by atoms with Crippen LogP contribution in [0.5, 0.6) is 0 Å². The molecule has 0 spiro atoms. The average molecular weight is 250 g/mol. The summed E-state index contributed by atoms with van der Waals surface area (Å²) >= 11 is 0. The molecule has 1 aliphatic carbocycles. The highest BCUT2D eigenvalue weighted by atomic mass is 19.1. The molecule has 1 amide bonds. The third-order valence-electron chi connectivity index (χ3n) is 3.49. The van der Waals surface area contributed by atoms with Crippen LogP contribution < -0.4 is 11.1 Å². The molecule has 98 valence electrons. The number of hydrogen-bond donors (Lipinski definition) is 2. The quantitative estimate of drug-likeness (QED) is 0.863. The monoisotopic (exact) mass is 250 g/mol. The lowest BCUT2D eigenvalue weighted by Gasteiger charge is -2.10. The van der Waals surface area contributed by atoms with E-state index in [9.17, 15) is 9.18 Å². The maximum Gasteiger partial charge on any atom is 0.224 e. The number of benzene rings is 1. The first-order valence-corrected chi connectivity index (χ1v) is 6.47. The number of halogens is 1. The predicted molar refractivity (Wildman–Crippen MR) is 69.5 cm³/mol. The van der Waals surface area contributed by atoms with E-state index in [0.29, 0.717) is 18.9 Å². The van der Waals surface area contributed by atoms with E-state index in [1.54, 1.807) is 12.1 Å². The Hall–Kier alpha value is -1.42. The fourth-order valence-corrected chi connectivity index (χ4v) is 2.46. The van der Waals surface area contributed by atoms with Gasteiger partial charge in [0.15, 0.2) is 0 Å². The van der Waals surface area contributed by atoms with E-state index in [4.69, 9.17) is 5.73 Å². The van der Waals surface area contributed by atoms with Gasteiger partial charge in [-0.25, -0.2) is 4.39 Å². The topological polar surface area (TPSA) is 55.1 Å². The Balaban J connectivity index is 1.93. The van der Waals surface area contributed by atoms with Gasteiger partial charge in [-0.2, -0.15) is 0 Å². The summed E-state index contributed by atoms with van der Waals surface area (Å²) in [6, 6.07) is 4.67. The van der Waals surface area contributed by atoms with Gasteiger partial charge in [-0.3, -0.25) is 4.79 Å². The normalized spacial score (nSPS) is 15.9. The van der Waals surface area contributed by atoms with Crippen molar-refractivity contribution in [1.29, 1.82) is 0 Å². The molecule has 0 radical (unpaired) electrons. The van der Waals surface area contributed by atoms with Crippen molar-refractivity contribution in [1.82, 2.24) is 0 Å². The number of hydrogen-bond acceptors (Lipinski definition) is 2. The van der Waals surface area contributed by atoms with Crippen LogP contribution in [0.1, 0.15) is 37.7 Å². The molecule has 18 heavy (non-hydrogen) atoms. The summed E-state index contributed by atoms with van der Waals surface area (Å²) in [5.41, 5.74) is 6.39. The average Bonchev–Trinajstić information content (AvgIpc) is 2.84. The number of carbonyl (C=O) groups is 1. The molecular weight excluding hydrogens is 231 g/mol. The van der Waals surface area contributed by atoms with E-state index in [2.05, 4.69) is 5.32 Å². The third-order valence-corrected chi connectivity index (χ3v) is 3.49. The van der Waals surface area contributed by atoms with E-state index in [1.807, 2.05) is 0 Å². The Labute approximate surface area is 107 Å². The van der Waals surface area contributed by atoms with Crippen LogP contribution in [0, 0.1) is 11.7 Å². The molecule has 0 aromatic heterocycles. The van der Waals surface area contributed by atoms with Crippen LogP contribution in [0.25, 0.3) is 0 Å².